The molecule has 0 radical (unpaired) electrons. The van der Waals surface area contributed by atoms with Crippen LogP contribution in [0.5, 0.6) is 11.5 Å². The van der Waals surface area contributed by atoms with Gasteiger partial charge in [0.15, 0.2) is 11.5 Å². The van der Waals surface area contributed by atoms with Gasteiger partial charge in [0.2, 0.25) is 0 Å². The fraction of sp³-hybridized carbons (Fsp3) is 0.684. The van der Waals surface area contributed by atoms with Crippen molar-refractivity contribution in [3.8, 4) is 11.5 Å². The lowest BCUT2D eigenvalue weighted by atomic mass is 9.35. The van der Waals surface area contributed by atoms with Gasteiger partial charge in [-0.05, 0) is 74.6 Å². The lowest BCUT2D eigenvalue weighted by Crippen LogP contribution is -2.81. The van der Waals surface area contributed by atoms with E-state index in [2.05, 4.69) is 47.4 Å². The van der Waals surface area contributed by atoms with Crippen LogP contribution in [0.25, 0.3) is 0 Å². The zero-order valence-corrected chi connectivity index (χ0v) is 27.7. The molecule has 9 rings (SSSR count). The van der Waals surface area contributed by atoms with Crippen molar-refractivity contribution >= 4 is 0 Å². The standard InChI is InChI=1S/C38H51NO7/c1-40-16-17-42-18-19-43-20-21-45-31-11-10-29-22-32-36-12-13-38(41-2,30(23-36)26-44-25-28-6-4-3-5-7-28)35-37(36,33(29)34(31)46-35)14-15-39(32)24-27-8-9-27/h3-7,10-11,27,30,32,35H,8-9,12-26H2,1-2H3/t30-,32-,35-,36-,37+,38-/m1/s1. The monoisotopic (exact) mass is 633 g/mol. The summed E-state index contributed by atoms with van der Waals surface area (Å²) in [6, 6.07) is 15.6. The highest BCUT2D eigenvalue weighted by atomic mass is 16.6. The molecule has 2 aromatic rings. The number of rotatable bonds is 17. The molecular weight excluding hydrogens is 582 g/mol. The van der Waals surface area contributed by atoms with E-state index in [-0.39, 0.29) is 22.9 Å². The third-order valence-corrected chi connectivity index (χ3v) is 12.5. The second kappa shape index (κ2) is 12.7. The van der Waals surface area contributed by atoms with E-state index < -0.39 is 5.60 Å². The van der Waals surface area contributed by atoms with Crippen LogP contribution in [-0.2, 0) is 42.1 Å². The minimum Gasteiger partial charge on any atom is -0.487 e. The molecule has 4 saturated carbocycles. The van der Waals surface area contributed by atoms with Gasteiger partial charge in [-0.1, -0.05) is 36.4 Å². The molecule has 0 aromatic heterocycles. The molecule has 6 atom stereocenters. The Hall–Kier alpha value is -2.20. The van der Waals surface area contributed by atoms with E-state index in [1.54, 1.807) is 7.11 Å². The number of methoxy groups -OCH3 is 2. The maximum Gasteiger partial charge on any atom is 0.165 e. The second-order valence-corrected chi connectivity index (χ2v) is 14.6. The number of hydrogen-bond donors (Lipinski definition) is 0. The highest BCUT2D eigenvalue weighted by molar-refractivity contribution is 5.63. The van der Waals surface area contributed by atoms with E-state index in [1.165, 1.54) is 42.5 Å². The highest BCUT2D eigenvalue weighted by Crippen LogP contribution is 2.76. The summed E-state index contributed by atoms with van der Waals surface area (Å²) in [5, 5.41) is 0. The molecule has 8 nitrogen and oxygen atoms in total. The fourth-order valence-corrected chi connectivity index (χ4v) is 10.4. The minimum absolute atomic E-state index is 0.0392. The molecule has 4 bridgehead atoms. The van der Waals surface area contributed by atoms with Crippen LogP contribution in [0.4, 0.5) is 0 Å². The lowest BCUT2D eigenvalue weighted by molar-refractivity contribution is -0.283. The lowest BCUT2D eigenvalue weighted by Gasteiger charge is -2.74. The molecule has 5 fully saturated rings. The fourth-order valence-electron chi connectivity index (χ4n) is 10.4. The minimum atomic E-state index is -0.390. The first-order valence-corrected chi connectivity index (χ1v) is 17.7. The van der Waals surface area contributed by atoms with Crippen molar-refractivity contribution in [1.29, 1.82) is 0 Å². The van der Waals surface area contributed by atoms with Crippen molar-refractivity contribution in [2.75, 3.05) is 73.6 Å². The van der Waals surface area contributed by atoms with Crippen LogP contribution in [0.2, 0.25) is 0 Å². The molecule has 0 unspecified atom stereocenters. The highest BCUT2D eigenvalue weighted by Gasteiger charge is 2.80. The maximum atomic E-state index is 7.29. The average molecular weight is 634 g/mol. The van der Waals surface area contributed by atoms with Gasteiger partial charge in [0.1, 0.15) is 18.3 Å². The van der Waals surface area contributed by atoms with Crippen molar-refractivity contribution in [2.24, 2.45) is 17.3 Å². The molecule has 7 aliphatic rings. The Balaban J connectivity index is 1.07. The summed E-state index contributed by atoms with van der Waals surface area (Å²) in [5.74, 6) is 2.97. The van der Waals surface area contributed by atoms with Crippen LogP contribution in [0.3, 0.4) is 0 Å². The number of hydrogen-bond acceptors (Lipinski definition) is 8. The summed E-state index contributed by atoms with van der Waals surface area (Å²) >= 11 is 0. The van der Waals surface area contributed by atoms with Gasteiger partial charge in [0.05, 0.1) is 46.2 Å². The largest absolute Gasteiger partial charge is 0.487 e. The summed E-state index contributed by atoms with van der Waals surface area (Å²) < 4.78 is 43.3. The van der Waals surface area contributed by atoms with E-state index in [4.69, 9.17) is 33.2 Å². The topological polar surface area (TPSA) is 67.9 Å². The molecule has 2 heterocycles. The quantitative estimate of drug-likeness (QED) is 0.221. The predicted molar refractivity (Wildman–Crippen MR) is 174 cm³/mol. The summed E-state index contributed by atoms with van der Waals surface area (Å²) in [7, 11) is 3.60. The van der Waals surface area contributed by atoms with Crippen LogP contribution >= 0.6 is 0 Å². The molecular formula is C38H51NO7. The Labute approximate surface area is 273 Å². The molecule has 250 valence electrons. The van der Waals surface area contributed by atoms with E-state index >= 15 is 0 Å². The Kier molecular flexibility index (Phi) is 8.57. The molecule has 2 aromatic carbocycles. The normalized spacial score (nSPS) is 33.6. The Morgan fingerprint density at radius 1 is 0.870 bits per heavy atom. The van der Waals surface area contributed by atoms with Gasteiger partial charge in [-0.25, -0.2) is 0 Å². The molecule has 0 N–H and O–H groups in total. The zero-order chi connectivity index (χ0) is 31.2. The molecule has 2 aliphatic heterocycles. The third kappa shape index (κ3) is 4.93. The Bertz CT molecular complexity index is 1370. The zero-order valence-electron chi connectivity index (χ0n) is 27.7. The first-order valence-electron chi connectivity index (χ1n) is 17.7. The van der Waals surface area contributed by atoms with E-state index in [1.807, 2.05) is 7.11 Å². The van der Waals surface area contributed by atoms with Gasteiger partial charge < -0.3 is 33.2 Å². The number of ether oxygens (including phenoxy) is 7. The Morgan fingerprint density at radius 2 is 1.67 bits per heavy atom. The van der Waals surface area contributed by atoms with Crippen molar-refractivity contribution in [3.05, 3.63) is 59.2 Å². The molecule has 5 aliphatic carbocycles. The molecule has 1 saturated heterocycles. The number of benzene rings is 2. The second-order valence-electron chi connectivity index (χ2n) is 14.6. The van der Waals surface area contributed by atoms with E-state index in [9.17, 15) is 0 Å². The van der Waals surface area contributed by atoms with Gasteiger partial charge >= 0.3 is 0 Å². The molecule has 0 amide bonds. The predicted octanol–water partition coefficient (Wildman–Crippen LogP) is 5.19. The summed E-state index contributed by atoms with van der Waals surface area (Å²) in [4.78, 5) is 2.90. The smallest absolute Gasteiger partial charge is 0.165 e. The maximum absolute atomic E-state index is 7.29. The summed E-state index contributed by atoms with van der Waals surface area (Å²) in [6.07, 6.45) is 8.29. The summed E-state index contributed by atoms with van der Waals surface area (Å²) in [5.41, 5.74) is 3.82. The van der Waals surface area contributed by atoms with Crippen LogP contribution in [0.1, 0.15) is 55.2 Å². The van der Waals surface area contributed by atoms with Crippen molar-refractivity contribution in [2.45, 2.75) is 74.7 Å². The number of nitrogens with zero attached hydrogens (tertiary/aromatic N) is 1. The first kappa shape index (κ1) is 31.1. The van der Waals surface area contributed by atoms with E-state index in [0.29, 0.717) is 58.9 Å². The molecule has 46 heavy (non-hydrogen) atoms. The van der Waals surface area contributed by atoms with Crippen LogP contribution in [0.15, 0.2) is 42.5 Å². The van der Waals surface area contributed by atoms with Crippen LogP contribution < -0.4 is 9.47 Å². The van der Waals surface area contributed by atoms with Gasteiger partial charge in [0, 0.05) is 49.1 Å². The third-order valence-electron chi connectivity index (χ3n) is 12.5. The van der Waals surface area contributed by atoms with Crippen molar-refractivity contribution < 1.29 is 33.2 Å². The van der Waals surface area contributed by atoms with Crippen molar-refractivity contribution in [1.82, 2.24) is 4.90 Å². The van der Waals surface area contributed by atoms with Gasteiger partial charge in [-0.3, -0.25) is 4.90 Å². The SMILES string of the molecule is COCCOCCOCCOc1ccc2c3c1O[C@H]1[C@@]4(OC)CC[C@@]5(C[C@@H]4COCc4ccccc4)[C@@H](C2)N(CC2CC2)CC[C@]315. The molecule has 2 spiro atoms. The Morgan fingerprint density at radius 3 is 2.46 bits per heavy atom. The van der Waals surface area contributed by atoms with Crippen molar-refractivity contribution in [3.63, 3.8) is 0 Å². The van der Waals surface area contributed by atoms with Gasteiger partial charge in [0.25, 0.3) is 0 Å². The number of piperidine rings is 1. The number of fused-ring (bicyclic) bond motifs is 2. The van der Waals surface area contributed by atoms with Gasteiger partial charge in [-0.2, -0.15) is 0 Å². The number of likely N-dealkylation sites (tertiary alicyclic amines) is 1. The molecule has 8 heteroatoms. The van der Waals surface area contributed by atoms with E-state index in [0.717, 1.165) is 49.6 Å². The van der Waals surface area contributed by atoms with Crippen LogP contribution in [-0.4, -0.2) is 96.2 Å². The van der Waals surface area contributed by atoms with Crippen LogP contribution in [0, 0.1) is 17.3 Å². The summed E-state index contributed by atoms with van der Waals surface area (Å²) in [6.45, 7) is 6.95. The first-order chi connectivity index (χ1) is 22.6. The van der Waals surface area contributed by atoms with Gasteiger partial charge in [-0.15, -0.1) is 0 Å². The average Bonchev–Trinajstić information content (AvgIpc) is 3.83.